The summed E-state index contributed by atoms with van der Waals surface area (Å²) in [6, 6.07) is 9.49. The Kier molecular flexibility index (Phi) is 4.83. The quantitative estimate of drug-likeness (QED) is 0.914. The van der Waals surface area contributed by atoms with Crippen LogP contribution in [0.2, 0.25) is 0 Å². The summed E-state index contributed by atoms with van der Waals surface area (Å²) in [5.74, 6) is -0.756. The number of aryl methyl sites for hydroxylation is 1. The van der Waals surface area contributed by atoms with Gasteiger partial charge in [-0.3, -0.25) is 9.59 Å². The molecule has 122 valence electrons. The van der Waals surface area contributed by atoms with Gasteiger partial charge in [0.2, 0.25) is 5.91 Å². The number of para-hydroxylation sites is 1. The number of hydrogen-bond acceptors (Lipinski definition) is 3. The van der Waals surface area contributed by atoms with E-state index in [1.807, 2.05) is 51.1 Å². The van der Waals surface area contributed by atoms with E-state index in [9.17, 15) is 9.59 Å². The summed E-state index contributed by atoms with van der Waals surface area (Å²) in [5, 5.41) is 4.48. The number of nitrogens with two attached hydrogens (primary N) is 1. The maximum atomic E-state index is 12.9. The van der Waals surface area contributed by atoms with Crippen molar-refractivity contribution in [3.05, 3.63) is 47.3 Å². The zero-order valence-electron chi connectivity index (χ0n) is 13.9. The number of carbonyl (C=O) groups excluding carboxylic acids is 2. The first-order valence-electron chi connectivity index (χ1n) is 7.53. The predicted molar refractivity (Wildman–Crippen MR) is 88.4 cm³/mol. The minimum atomic E-state index is -0.530. The average molecular weight is 314 g/mol. The van der Waals surface area contributed by atoms with Crippen LogP contribution in [0.15, 0.2) is 30.3 Å². The molecule has 1 heterocycles. The maximum Gasteiger partial charge on any atom is 0.258 e. The molecule has 6 heteroatoms. The molecule has 2 aromatic rings. The SMILES string of the molecule is Cc1nn(-c2ccccc2)c(C)c1C(=O)N(CC(N)=O)C(C)C. The average Bonchev–Trinajstić information content (AvgIpc) is 2.79. The molecule has 0 saturated heterocycles. The Morgan fingerprint density at radius 3 is 2.35 bits per heavy atom. The Morgan fingerprint density at radius 1 is 1.22 bits per heavy atom. The summed E-state index contributed by atoms with van der Waals surface area (Å²) in [6.45, 7) is 7.25. The van der Waals surface area contributed by atoms with Crippen LogP contribution >= 0.6 is 0 Å². The smallest absolute Gasteiger partial charge is 0.258 e. The molecule has 0 atom stereocenters. The van der Waals surface area contributed by atoms with Crippen molar-refractivity contribution in [1.29, 1.82) is 0 Å². The number of hydrogen-bond donors (Lipinski definition) is 1. The van der Waals surface area contributed by atoms with Crippen molar-refractivity contribution in [2.24, 2.45) is 5.73 Å². The van der Waals surface area contributed by atoms with E-state index in [1.165, 1.54) is 4.90 Å². The van der Waals surface area contributed by atoms with Crippen molar-refractivity contribution in [2.75, 3.05) is 6.54 Å². The summed E-state index contributed by atoms with van der Waals surface area (Å²) in [7, 11) is 0. The maximum absolute atomic E-state index is 12.9. The highest BCUT2D eigenvalue weighted by Crippen LogP contribution is 2.20. The van der Waals surface area contributed by atoms with Gasteiger partial charge in [-0.05, 0) is 39.8 Å². The van der Waals surface area contributed by atoms with Gasteiger partial charge in [0.25, 0.3) is 5.91 Å². The van der Waals surface area contributed by atoms with Crippen molar-refractivity contribution in [2.45, 2.75) is 33.7 Å². The van der Waals surface area contributed by atoms with Crippen molar-refractivity contribution in [1.82, 2.24) is 14.7 Å². The summed E-state index contributed by atoms with van der Waals surface area (Å²) >= 11 is 0. The van der Waals surface area contributed by atoms with Crippen LogP contribution in [0.3, 0.4) is 0 Å². The molecule has 2 amide bonds. The lowest BCUT2D eigenvalue weighted by Crippen LogP contribution is -2.43. The lowest BCUT2D eigenvalue weighted by atomic mass is 10.1. The Hall–Kier alpha value is -2.63. The molecule has 0 aliphatic rings. The minimum absolute atomic E-state index is 0.105. The van der Waals surface area contributed by atoms with Gasteiger partial charge < -0.3 is 10.6 Å². The fourth-order valence-corrected chi connectivity index (χ4v) is 2.57. The number of benzene rings is 1. The molecule has 2 rings (SSSR count). The molecule has 6 nitrogen and oxygen atoms in total. The van der Waals surface area contributed by atoms with E-state index >= 15 is 0 Å². The van der Waals surface area contributed by atoms with Gasteiger partial charge in [-0.15, -0.1) is 0 Å². The van der Waals surface area contributed by atoms with Crippen molar-refractivity contribution >= 4 is 11.8 Å². The van der Waals surface area contributed by atoms with E-state index in [4.69, 9.17) is 5.73 Å². The molecule has 0 aliphatic carbocycles. The molecule has 0 fully saturated rings. The molecule has 1 aromatic heterocycles. The van der Waals surface area contributed by atoms with Crippen molar-refractivity contribution in [3.63, 3.8) is 0 Å². The van der Waals surface area contributed by atoms with E-state index in [1.54, 1.807) is 11.6 Å². The van der Waals surface area contributed by atoms with Gasteiger partial charge in [0, 0.05) is 6.04 Å². The van der Waals surface area contributed by atoms with Gasteiger partial charge in [-0.2, -0.15) is 5.10 Å². The normalized spacial score (nSPS) is 10.8. The zero-order valence-corrected chi connectivity index (χ0v) is 13.9. The Balaban J connectivity index is 2.45. The molecule has 23 heavy (non-hydrogen) atoms. The highest BCUT2D eigenvalue weighted by molar-refractivity contribution is 5.98. The van der Waals surface area contributed by atoms with Gasteiger partial charge in [0.1, 0.15) is 0 Å². The largest absolute Gasteiger partial charge is 0.368 e. The van der Waals surface area contributed by atoms with Crippen LogP contribution in [0.5, 0.6) is 0 Å². The lowest BCUT2D eigenvalue weighted by Gasteiger charge is -2.25. The molecular weight excluding hydrogens is 292 g/mol. The lowest BCUT2D eigenvalue weighted by molar-refractivity contribution is -0.119. The summed E-state index contributed by atoms with van der Waals surface area (Å²) < 4.78 is 1.74. The number of amides is 2. The third-order valence-corrected chi connectivity index (χ3v) is 3.72. The number of rotatable bonds is 5. The molecule has 0 radical (unpaired) electrons. The standard InChI is InChI=1S/C17H22N4O2/c1-11(2)20(10-15(18)22)17(23)16-12(3)19-21(13(16)4)14-8-6-5-7-9-14/h5-9,11H,10H2,1-4H3,(H2,18,22). The molecule has 2 N–H and O–H groups in total. The molecule has 0 spiro atoms. The minimum Gasteiger partial charge on any atom is -0.368 e. The highest BCUT2D eigenvalue weighted by Gasteiger charge is 2.26. The van der Waals surface area contributed by atoms with E-state index in [-0.39, 0.29) is 18.5 Å². The van der Waals surface area contributed by atoms with Gasteiger partial charge in [0.05, 0.1) is 29.2 Å². The number of primary amides is 1. The van der Waals surface area contributed by atoms with Crippen LogP contribution < -0.4 is 5.73 Å². The number of aromatic nitrogens is 2. The second-order valence-corrected chi connectivity index (χ2v) is 5.79. The molecule has 0 bridgehead atoms. The summed E-state index contributed by atoms with van der Waals surface area (Å²) in [5.41, 5.74) is 8.05. The fraction of sp³-hybridized carbons (Fsp3) is 0.353. The topological polar surface area (TPSA) is 81.2 Å². The first-order chi connectivity index (χ1) is 10.8. The monoisotopic (exact) mass is 314 g/mol. The number of nitrogens with zero attached hydrogens (tertiary/aromatic N) is 3. The van der Waals surface area contributed by atoms with E-state index < -0.39 is 5.91 Å². The second kappa shape index (κ2) is 6.64. The van der Waals surface area contributed by atoms with Crippen LogP contribution in [-0.2, 0) is 4.79 Å². The number of carbonyl (C=O) groups is 2. The predicted octanol–water partition coefficient (Wildman–Crippen LogP) is 1.83. The first-order valence-corrected chi connectivity index (χ1v) is 7.53. The van der Waals surface area contributed by atoms with Gasteiger partial charge >= 0.3 is 0 Å². The van der Waals surface area contributed by atoms with Crippen LogP contribution in [0, 0.1) is 13.8 Å². The Morgan fingerprint density at radius 2 is 1.83 bits per heavy atom. The molecular formula is C17H22N4O2. The van der Waals surface area contributed by atoms with Crippen LogP contribution in [0.4, 0.5) is 0 Å². The molecule has 0 saturated carbocycles. The van der Waals surface area contributed by atoms with Crippen molar-refractivity contribution in [3.8, 4) is 5.69 Å². The van der Waals surface area contributed by atoms with Gasteiger partial charge in [0.15, 0.2) is 0 Å². The second-order valence-electron chi connectivity index (χ2n) is 5.79. The first kappa shape index (κ1) is 16.7. The highest BCUT2D eigenvalue weighted by atomic mass is 16.2. The molecule has 0 aliphatic heterocycles. The van der Waals surface area contributed by atoms with E-state index in [0.717, 1.165) is 11.4 Å². The van der Waals surface area contributed by atoms with Crippen molar-refractivity contribution < 1.29 is 9.59 Å². The third kappa shape index (κ3) is 3.41. The summed E-state index contributed by atoms with van der Waals surface area (Å²) in [4.78, 5) is 25.6. The van der Waals surface area contributed by atoms with E-state index in [0.29, 0.717) is 11.3 Å². The fourth-order valence-electron chi connectivity index (χ4n) is 2.57. The van der Waals surface area contributed by atoms with Gasteiger partial charge in [-0.1, -0.05) is 18.2 Å². The Bertz CT molecular complexity index is 720. The van der Waals surface area contributed by atoms with Crippen LogP contribution in [0.1, 0.15) is 35.6 Å². The zero-order chi connectivity index (χ0) is 17.1. The van der Waals surface area contributed by atoms with Crippen LogP contribution in [-0.4, -0.2) is 39.1 Å². The van der Waals surface area contributed by atoms with Gasteiger partial charge in [-0.25, -0.2) is 4.68 Å². The Labute approximate surface area is 135 Å². The summed E-state index contributed by atoms with van der Waals surface area (Å²) in [6.07, 6.45) is 0. The molecule has 1 aromatic carbocycles. The third-order valence-electron chi connectivity index (χ3n) is 3.72. The van der Waals surface area contributed by atoms with E-state index in [2.05, 4.69) is 5.10 Å². The molecule has 0 unspecified atom stereocenters. The van der Waals surface area contributed by atoms with Crippen LogP contribution in [0.25, 0.3) is 5.69 Å².